The van der Waals surface area contributed by atoms with Gasteiger partial charge in [0, 0.05) is 6.04 Å². The second-order valence-corrected chi connectivity index (χ2v) is 3.28. The highest BCUT2D eigenvalue weighted by molar-refractivity contribution is 4.78. The second-order valence-electron chi connectivity index (χ2n) is 3.28. The molecule has 0 heterocycles. The van der Waals surface area contributed by atoms with E-state index in [9.17, 15) is 13.2 Å². The third kappa shape index (κ3) is 3.92. The largest absolute Gasteiger partial charge is 0.415 e. The fraction of sp³-hybridized carbons (Fsp3) is 1.00. The normalized spacial score (nSPS) is 18.0. The van der Waals surface area contributed by atoms with Gasteiger partial charge in [0.2, 0.25) is 0 Å². The molecule has 3 N–H and O–H groups in total. The van der Waals surface area contributed by atoms with Gasteiger partial charge in [-0.3, -0.25) is 0 Å². The van der Waals surface area contributed by atoms with E-state index in [-0.39, 0.29) is 12.3 Å². The predicted molar refractivity (Wildman–Crippen MR) is 39.5 cm³/mol. The van der Waals surface area contributed by atoms with Crippen LogP contribution in [-0.4, -0.2) is 23.4 Å². The topological polar surface area (TPSA) is 46.2 Å². The van der Waals surface area contributed by atoms with Gasteiger partial charge in [-0.25, -0.2) is 0 Å². The van der Waals surface area contributed by atoms with E-state index in [1.54, 1.807) is 13.8 Å². The number of hydrogen-bond acceptors (Lipinski definition) is 2. The van der Waals surface area contributed by atoms with Gasteiger partial charge in [0.25, 0.3) is 0 Å². The summed E-state index contributed by atoms with van der Waals surface area (Å²) >= 11 is 0. The molecule has 5 heteroatoms. The molecule has 0 aliphatic rings. The SMILES string of the molecule is CC(C)C[C@H](N)[C@H](O)C(F)(F)F. The van der Waals surface area contributed by atoms with Gasteiger partial charge in [0.05, 0.1) is 0 Å². The zero-order chi connectivity index (χ0) is 9.94. The number of alkyl halides is 3. The van der Waals surface area contributed by atoms with Crippen LogP contribution in [0.2, 0.25) is 0 Å². The first kappa shape index (κ1) is 11.7. The number of hydrogen-bond donors (Lipinski definition) is 2. The molecule has 0 amide bonds. The van der Waals surface area contributed by atoms with E-state index in [2.05, 4.69) is 0 Å². The van der Waals surface area contributed by atoms with Gasteiger partial charge in [-0.05, 0) is 12.3 Å². The lowest BCUT2D eigenvalue weighted by Gasteiger charge is -2.22. The van der Waals surface area contributed by atoms with Crippen molar-refractivity contribution in [2.75, 3.05) is 0 Å². The van der Waals surface area contributed by atoms with Crippen molar-refractivity contribution in [1.29, 1.82) is 0 Å². The van der Waals surface area contributed by atoms with Crippen molar-refractivity contribution in [2.45, 2.75) is 38.6 Å². The summed E-state index contributed by atoms with van der Waals surface area (Å²) in [5.41, 5.74) is 5.13. The Morgan fingerprint density at radius 3 is 2.00 bits per heavy atom. The summed E-state index contributed by atoms with van der Waals surface area (Å²) in [5.74, 6) is 0.0528. The molecule has 12 heavy (non-hydrogen) atoms. The Morgan fingerprint density at radius 1 is 1.33 bits per heavy atom. The standard InChI is InChI=1S/C7H14F3NO/c1-4(2)3-5(11)6(12)7(8,9)10/h4-6,12H,3,11H2,1-2H3/t5-,6-/m0/s1. The van der Waals surface area contributed by atoms with Crippen molar-refractivity contribution in [3.63, 3.8) is 0 Å². The number of aliphatic hydroxyl groups is 1. The predicted octanol–water partition coefficient (Wildman–Crippen LogP) is 1.28. The van der Waals surface area contributed by atoms with Crippen LogP contribution in [0.1, 0.15) is 20.3 Å². The van der Waals surface area contributed by atoms with Gasteiger partial charge in [0.1, 0.15) is 0 Å². The maximum absolute atomic E-state index is 11.8. The number of halogens is 3. The van der Waals surface area contributed by atoms with Crippen molar-refractivity contribution in [1.82, 2.24) is 0 Å². The minimum Gasteiger partial charge on any atom is -0.382 e. The van der Waals surface area contributed by atoms with Crippen molar-refractivity contribution in [2.24, 2.45) is 11.7 Å². The summed E-state index contributed by atoms with van der Waals surface area (Å²) < 4.78 is 35.5. The Morgan fingerprint density at radius 2 is 1.75 bits per heavy atom. The van der Waals surface area contributed by atoms with E-state index < -0.39 is 18.3 Å². The van der Waals surface area contributed by atoms with E-state index >= 15 is 0 Å². The monoisotopic (exact) mass is 185 g/mol. The van der Waals surface area contributed by atoms with Gasteiger partial charge < -0.3 is 10.8 Å². The molecule has 0 bridgehead atoms. The fourth-order valence-electron chi connectivity index (χ4n) is 0.916. The Bertz CT molecular complexity index is 135. The molecule has 0 spiro atoms. The molecule has 0 radical (unpaired) electrons. The quantitative estimate of drug-likeness (QED) is 0.695. The minimum absolute atomic E-state index is 0.0528. The molecular formula is C7H14F3NO. The maximum atomic E-state index is 11.8. The van der Waals surface area contributed by atoms with Crippen LogP contribution in [0.25, 0.3) is 0 Å². The molecule has 0 saturated carbocycles. The summed E-state index contributed by atoms with van der Waals surface area (Å²) in [6.07, 6.45) is -6.84. The van der Waals surface area contributed by atoms with Gasteiger partial charge in [-0.2, -0.15) is 13.2 Å². The van der Waals surface area contributed by atoms with Crippen LogP contribution in [-0.2, 0) is 0 Å². The minimum atomic E-state index is -4.60. The van der Waals surface area contributed by atoms with E-state index in [1.165, 1.54) is 0 Å². The molecule has 2 nitrogen and oxygen atoms in total. The number of rotatable bonds is 3. The highest BCUT2D eigenvalue weighted by Gasteiger charge is 2.42. The Balaban J connectivity index is 4.01. The summed E-state index contributed by atoms with van der Waals surface area (Å²) in [6.45, 7) is 3.51. The van der Waals surface area contributed by atoms with Crippen LogP contribution >= 0.6 is 0 Å². The molecule has 74 valence electrons. The van der Waals surface area contributed by atoms with Crippen molar-refractivity contribution < 1.29 is 18.3 Å². The van der Waals surface area contributed by atoms with Crippen molar-refractivity contribution in [3.8, 4) is 0 Å². The van der Waals surface area contributed by atoms with E-state index in [0.29, 0.717) is 0 Å². The lowest BCUT2D eigenvalue weighted by Crippen LogP contribution is -2.45. The average molecular weight is 185 g/mol. The van der Waals surface area contributed by atoms with Gasteiger partial charge in [-0.15, -0.1) is 0 Å². The third-order valence-corrected chi connectivity index (χ3v) is 1.48. The Hall–Kier alpha value is -0.290. The fourth-order valence-corrected chi connectivity index (χ4v) is 0.916. The van der Waals surface area contributed by atoms with Crippen LogP contribution in [0.5, 0.6) is 0 Å². The zero-order valence-corrected chi connectivity index (χ0v) is 7.10. The van der Waals surface area contributed by atoms with Crippen LogP contribution < -0.4 is 5.73 Å². The van der Waals surface area contributed by atoms with Gasteiger partial charge in [0.15, 0.2) is 6.10 Å². The highest BCUT2D eigenvalue weighted by atomic mass is 19.4. The molecule has 0 aliphatic heterocycles. The van der Waals surface area contributed by atoms with E-state index in [4.69, 9.17) is 10.8 Å². The molecule has 0 aliphatic carbocycles. The molecule has 0 aromatic heterocycles. The molecule has 0 unspecified atom stereocenters. The lowest BCUT2D eigenvalue weighted by molar-refractivity contribution is -0.210. The summed E-state index contributed by atoms with van der Waals surface area (Å²) in [6, 6.07) is -1.22. The molecule has 0 saturated heterocycles. The van der Waals surface area contributed by atoms with Crippen LogP contribution in [0, 0.1) is 5.92 Å². The first-order valence-corrected chi connectivity index (χ1v) is 3.75. The summed E-state index contributed by atoms with van der Waals surface area (Å²) in [5, 5.41) is 8.65. The van der Waals surface area contributed by atoms with E-state index in [0.717, 1.165) is 0 Å². The Kier molecular flexibility index (Phi) is 3.99. The first-order chi connectivity index (χ1) is 5.25. The smallest absolute Gasteiger partial charge is 0.382 e. The molecule has 0 fully saturated rings. The van der Waals surface area contributed by atoms with Crippen LogP contribution in [0.15, 0.2) is 0 Å². The van der Waals surface area contributed by atoms with Crippen LogP contribution in [0.3, 0.4) is 0 Å². The summed E-state index contributed by atoms with van der Waals surface area (Å²) in [7, 11) is 0. The van der Waals surface area contributed by atoms with E-state index in [1.807, 2.05) is 0 Å². The van der Waals surface area contributed by atoms with Gasteiger partial charge >= 0.3 is 6.18 Å². The molecule has 0 aromatic rings. The summed E-state index contributed by atoms with van der Waals surface area (Å²) in [4.78, 5) is 0. The molecule has 0 aromatic carbocycles. The first-order valence-electron chi connectivity index (χ1n) is 3.75. The highest BCUT2D eigenvalue weighted by Crippen LogP contribution is 2.23. The van der Waals surface area contributed by atoms with Crippen LogP contribution in [0.4, 0.5) is 13.2 Å². The van der Waals surface area contributed by atoms with Crippen molar-refractivity contribution >= 4 is 0 Å². The number of nitrogens with two attached hydrogens (primary N) is 1. The van der Waals surface area contributed by atoms with Crippen molar-refractivity contribution in [3.05, 3.63) is 0 Å². The molecular weight excluding hydrogens is 171 g/mol. The maximum Gasteiger partial charge on any atom is 0.415 e. The van der Waals surface area contributed by atoms with Gasteiger partial charge in [-0.1, -0.05) is 13.8 Å². The zero-order valence-electron chi connectivity index (χ0n) is 7.10. The number of aliphatic hydroxyl groups excluding tert-OH is 1. The molecule has 0 rings (SSSR count). The lowest BCUT2D eigenvalue weighted by atomic mass is 10.00. The Labute approximate surface area is 69.6 Å². The molecule has 2 atom stereocenters. The third-order valence-electron chi connectivity index (χ3n) is 1.48. The second kappa shape index (κ2) is 4.09. The average Bonchev–Trinajstić information content (AvgIpc) is 1.82.